The molecule has 8 heteroatoms. The van der Waals surface area contributed by atoms with Crippen molar-refractivity contribution in [2.45, 2.75) is 32.6 Å². The predicted octanol–water partition coefficient (Wildman–Crippen LogP) is 3.41. The second-order valence-electron chi connectivity index (χ2n) is 4.73. The van der Waals surface area contributed by atoms with Crippen molar-refractivity contribution in [2.24, 2.45) is 0 Å². The average molecular weight is 336 g/mol. The van der Waals surface area contributed by atoms with Gasteiger partial charge >= 0.3 is 5.69 Å². The third-order valence-electron chi connectivity index (χ3n) is 2.85. The van der Waals surface area contributed by atoms with E-state index in [-0.39, 0.29) is 17.2 Å². The van der Waals surface area contributed by atoms with Gasteiger partial charge in [-0.1, -0.05) is 18.9 Å². The fourth-order valence-electron chi connectivity index (χ4n) is 1.80. The molecule has 21 heavy (non-hydrogen) atoms. The van der Waals surface area contributed by atoms with Crippen molar-refractivity contribution >= 4 is 25.4 Å². The molecule has 0 amide bonds. The zero-order chi connectivity index (χ0) is 15.9. The van der Waals surface area contributed by atoms with Crippen LogP contribution in [0.25, 0.3) is 0 Å². The number of nitrogens with zero attached hydrogens (tertiary/aromatic N) is 1. The smallest absolute Gasteiger partial charge is 0.310 e. The summed E-state index contributed by atoms with van der Waals surface area (Å²) in [5, 5.41) is 10.9. The fraction of sp³-hybridized carbons (Fsp3) is 0.538. The van der Waals surface area contributed by atoms with Crippen molar-refractivity contribution in [3.8, 4) is 5.75 Å². The molecular formula is C13H18ClNO5S. The van der Waals surface area contributed by atoms with E-state index in [4.69, 9.17) is 15.4 Å². The first-order valence-corrected chi connectivity index (χ1v) is 9.07. The van der Waals surface area contributed by atoms with Crippen molar-refractivity contribution in [1.29, 1.82) is 0 Å². The van der Waals surface area contributed by atoms with Gasteiger partial charge in [-0.25, -0.2) is 8.42 Å². The maximum absolute atomic E-state index is 10.9. The van der Waals surface area contributed by atoms with E-state index in [1.165, 1.54) is 6.07 Å². The molecule has 1 rings (SSSR count). The molecule has 0 saturated carbocycles. The lowest BCUT2D eigenvalue weighted by Gasteiger charge is -2.07. The highest BCUT2D eigenvalue weighted by Gasteiger charge is 2.14. The first-order chi connectivity index (χ1) is 9.79. The van der Waals surface area contributed by atoms with E-state index in [1.807, 2.05) is 6.92 Å². The van der Waals surface area contributed by atoms with Gasteiger partial charge in [0.15, 0.2) is 5.75 Å². The molecule has 1 aromatic carbocycles. The molecule has 0 aliphatic rings. The Labute approximate surface area is 128 Å². The van der Waals surface area contributed by atoms with Crippen molar-refractivity contribution in [2.75, 3.05) is 12.4 Å². The minimum absolute atomic E-state index is 0.0290. The SMILES string of the molecule is Cc1ccc([N+](=O)[O-])c(OCCCCCCS(=O)(=O)Cl)c1. The Morgan fingerprint density at radius 1 is 1.24 bits per heavy atom. The minimum Gasteiger partial charge on any atom is -0.487 e. The Bertz CT molecular complexity index is 588. The van der Waals surface area contributed by atoms with E-state index in [9.17, 15) is 18.5 Å². The molecule has 0 aromatic heterocycles. The average Bonchev–Trinajstić information content (AvgIpc) is 2.36. The van der Waals surface area contributed by atoms with Crippen LogP contribution in [0, 0.1) is 17.0 Å². The van der Waals surface area contributed by atoms with Crippen molar-refractivity contribution in [3.05, 3.63) is 33.9 Å². The summed E-state index contributed by atoms with van der Waals surface area (Å²) < 4.78 is 26.9. The summed E-state index contributed by atoms with van der Waals surface area (Å²) in [4.78, 5) is 10.4. The molecule has 0 radical (unpaired) electrons. The van der Waals surface area contributed by atoms with Crippen molar-refractivity contribution < 1.29 is 18.1 Å². The van der Waals surface area contributed by atoms with Crippen LogP contribution in [0.2, 0.25) is 0 Å². The maximum atomic E-state index is 10.9. The lowest BCUT2D eigenvalue weighted by Crippen LogP contribution is -2.02. The Kier molecular flexibility index (Phi) is 6.91. The number of hydrogen-bond acceptors (Lipinski definition) is 5. The summed E-state index contributed by atoms with van der Waals surface area (Å²) in [5.41, 5.74) is 0.844. The van der Waals surface area contributed by atoms with Crippen LogP contribution in [0.1, 0.15) is 31.2 Å². The Balaban J connectivity index is 2.33. The number of benzene rings is 1. The number of hydrogen-bond donors (Lipinski definition) is 0. The molecular weight excluding hydrogens is 318 g/mol. The normalized spacial score (nSPS) is 11.3. The second kappa shape index (κ2) is 8.19. The van der Waals surface area contributed by atoms with Gasteiger partial charge in [0, 0.05) is 16.7 Å². The van der Waals surface area contributed by atoms with Crippen molar-refractivity contribution in [1.82, 2.24) is 0 Å². The number of unbranched alkanes of at least 4 members (excludes halogenated alkanes) is 3. The van der Waals surface area contributed by atoms with Crippen LogP contribution < -0.4 is 4.74 Å². The lowest BCUT2D eigenvalue weighted by atomic mass is 10.2. The molecule has 0 spiro atoms. The van der Waals surface area contributed by atoms with Gasteiger partial charge in [0.1, 0.15) is 0 Å². The van der Waals surface area contributed by atoms with Gasteiger partial charge in [-0.15, -0.1) is 0 Å². The highest BCUT2D eigenvalue weighted by Crippen LogP contribution is 2.27. The summed E-state index contributed by atoms with van der Waals surface area (Å²) in [7, 11) is 1.69. The second-order valence-corrected chi connectivity index (χ2v) is 7.63. The van der Waals surface area contributed by atoms with Gasteiger partial charge < -0.3 is 4.74 Å². The zero-order valence-electron chi connectivity index (χ0n) is 11.7. The summed E-state index contributed by atoms with van der Waals surface area (Å²) in [6.45, 7) is 2.20. The quantitative estimate of drug-likeness (QED) is 0.299. The largest absolute Gasteiger partial charge is 0.487 e. The van der Waals surface area contributed by atoms with E-state index < -0.39 is 14.0 Å². The van der Waals surface area contributed by atoms with Crippen LogP contribution >= 0.6 is 10.7 Å². The summed E-state index contributed by atoms with van der Waals surface area (Å²) in [5.74, 6) is 0.238. The van der Waals surface area contributed by atoms with Gasteiger partial charge in [-0.2, -0.15) is 0 Å². The van der Waals surface area contributed by atoms with Gasteiger partial charge in [0.25, 0.3) is 0 Å². The monoisotopic (exact) mass is 335 g/mol. The highest BCUT2D eigenvalue weighted by atomic mass is 35.7. The van der Waals surface area contributed by atoms with Crippen LogP contribution in [0.4, 0.5) is 5.69 Å². The van der Waals surface area contributed by atoms with Crippen LogP contribution in [-0.4, -0.2) is 25.7 Å². The number of rotatable bonds is 9. The van der Waals surface area contributed by atoms with Gasteiger partial charge in [-0.05, 0) is 31.4 Å². The Morgan fingerprint density at radius 3 is 2.52 bits per heavy atom. The van der Waals surface area contributed by atoms with Crippen LogP contribution in [-0.2, 0) is 9.05 Å². The van der Waals surface area contributed by atoms with E-state index >= 15 is 0 Å². The zero-order valence-corrected chi connectivity index (χ0v) is 13.3. The number of ether oxygens (including phenoxy) is 1. The van der Waals surface area contributed by atoms with E-state index in [1.54, 1.807) is 12.1 Å². The van der Waals surface area contributed by atoms with Gasteiger partial charge in [0.2, 0.25) is 9.05 Å². The van der Waals surface area contributed by atoms with Crippen LogP contribution in [0.3, 0.4) is 0 Å². The molecule has 0 atom stereocenters. The summed E-state index contributed by atoms with van der Waals surface area (Å²) in [6.07, 6.45) is 2.72. The van der Waals surface area contributed by atoms with E-state index in [2.05, 4.69) is 0 Å². The number of halogens is 1. The predicted molar refractivity (Wildman–Crippen MR) is 81.4 cm³/mol. The third kappa shape index (κ3) is 7.29. The fourth-order valence-corrected chi connectivity index (χ4v) is 2.68. The molecule has 0 fully saturated rings. The topological polar surface area (TPSA) is 86.5 Å². The molecule has 0 heterocycles. The van der Waals surface area contributed by atoms with Crippen molar-refractivity contribution in [3.63, 3.8) is 0 Å². The Morgan fingerprint density at radius 2 is 1.90 bits per heavy atom. The maximum Gasteiger partial charge on any atom is 0.310 e. The summed E-state index contributed by atoms with van der Waals surface area (Å²) in [6, 6.07) is 4.73. The van der Waals surface area contributed by atoms with Gasteiger partial charge in [0.05, 0.1) is 17.3 Å². The third-order valence-corrected chi connectivity index (χ3v) is 4.09. The molecule has 0 unspecified atom stereocenters. The molecule has 6 nitrogen and oxygen atoms in total. The first kappa shape index (κ1) is 17.7. The molecule has 0 N–H and O–H groups in total. The van der Waals surface area contributed by atoms with Crippen LogP contribution in [0.5, 0.6) is 5.75 Å². The highest BCUT2D eigenvalue weighted by molar-refractivity contribution is 8.13. The molecule has 118 valence electrons. The standard InChI is InChI=1S/C13H18ClNO5S/c1-11-6-7-12(15(16)17)13(10-11)20-8-4-2-3-5-9-21(14,18)19/h6-7,10H,2-5,8-9H2,1H3. The number of nitro groups is 1. The Hall–Kier alpha value is -1.34. The van der Waals surface area contributed by atoms with Gasteiger partial charge in [-0.3, -0.25) is 10.1 Å². The molecule has 0 saturated heterocycles. The van der Waals surface area contributed by atoms with E-state index in [0.29, 0.717) is 19.4 Å². The number of nitro benzene ring substituents is 1. The summed E-state index contributed by atoms with van der Waals surface area (Å²) >= 11 is 0. The lowest BCUT2D eigenvalue weighted by molar-refractivity contribution is -0.385. The molecule has 1 aromatic rings. The number of aryl methyl sites for hydroxylation is 1. The van der Waals surface area contributed by atoms with Crippen LogP contribution in [0.15, 0.2) is 18.2 Å². The molecule has 0 aliphatic heterocycles. The minimum atomic E-state index is -3.41. The molecule has 0 bridgehead atoms. The molecule has 0 aliphatic carbocycles. The van der Waals surface area contributed by atoms with E-state index in [0.717, 1.165) is 18.4 Å². The first-order valence-electron chi connectivity index (χ1n) is 6.60.